The fraction of sp³-hybridized carbons (Fsp3) is 0.524. The SMILES string of the molecule is Cc1nc(CC(C)C)sc1C(=O)NCc1ccccc1CN1CCCC1. The number of likely N-dealkylation sites (tertiary alicyclic amines) is 1. The first kappa shape index (κ1) is 19.1. The van der Waals surface area contributed by atoms with Gasteiger partial charge in [-0.25, -0.2) is 4.98 Å². The maximum atomic E-state index is 12.6. The number of carbonyl (C=O) groups excluding carboxylic acids is 1. The molecule has 5 heteroatoms. The zero-order chi connectivity index (χ0) is 18.5. The Morgan fingerprint density at radius 3 is 2.62 bits per heavy atom. The van der Waals surface area contributed by atoms with Gasteiger partial charge >= 0.3 is 0 Å². The third-order valence-corrected chi connectivity index (χ3v) is 5.96. The van der Waals surface area contributed by atoms with E-state index in [9.17, 15) is 4.79 Å². The van der Waals surface area contributed by atoms with Gasteiger partial charge in [0, 0.05) is 19.5 Å². The second kappa shape index (κ2) is 8.78. The molecule has 2 heterocycles. The molecule has 3 rings (SSSR count). The topological polar surface area (TPSA) is 45.2 Å². The van der Waals surface area contributed by atoms with Gasteiger partial charge < -0.3 is 5.32 Å². The van der Waals surface area contributed by atoms with Gasteiger partial charge in [0.05, 0.1) is 10.7 Å². The number of rotatable bonds is 7. The van der Waals surface area contributed by atoms with Crippen LogP contribution in [-0.4, -0.2) is 28.9 Å². The van der Waals surface area contributed by atoms with Crippen molar-refractivity contribution in [3.05, 3.63) is 51.0 Å². The summed E-state index contributed by atoms with van der Waals surface area (Å²) >= 11 is 1.53. The molecule has 1 aromatic carbocycles. The van der Waals surface area contributed by atoms with Crippen LogP contribution in [0.15, 0.2) is 24.3 Å². The summed E-state index contributed by atoms with van der Waals surface area (Å²) < 4.78 is 0. The molecule has 0 unspecified atom stereocenters. The number of hydrogen-bond acceptors (Lipinski definition) is 4. The molecule has 0 bridgehead atoms. The quantitative estimate of drug-likeness (QED) is 0.794. The van der Waals surface area contributed by atoms with Gasteiger partial charge in [-0.1, -0.05) is 38.1 Å². The summed E-state index contributed by atoms with van der Waals surface area (Å²) in [5.74, 6) is 0.542. The molecule has 0 saturated carbocycles. The Kier molecular flexibility index (Phi) is 6.43. The van der Waals surface area contributed by atoms with Crippen molar-refractivity contribution in [2.75, 3.05) is 13.1 Å². The van der Waals surface area contributed by atoms with E-state index in [1.807, 2.05) is 13.0 Å². The van der Waals surface area contributed by atoms with Crippen LogP contribution in [-0.2, 0) is 19.5 Å². The van der Waals surface area contributed by atoms with E-state index in [0.717, 1.165) is 28.5 Å². The van der Waals surface area contributed by atoms with Crippen molar-refractivity contribution < 1.29 is 4.79 Å². The third-order valence-electron chi connectivity index (χ3n) is 4.78. The highest BCUT2D eigenvalue weighted by atomic mass is 32.1. The number of nitrogens with one attached hydrogen (secondary N) is 1. The lowest BCUT2D eigenvalue weighted by Gasteiger charge is -2.17. The number of hydrogen-bond donors (Lipinski definition) is 1. The van der Waals surface area contributed by atoms with Gasteiger partial charge in [0.25, 0.3) is 5.91 Å². The van der Waals surface area contributed by atoms with Gasteiger partial charge in [-0.05, 0) is 49.9 Å². The fourth-order valence-corrected chi connectivity index (χ4v) is 4.61. The molecule has 0 atom stereocenters. The van der Waals surface area contributed by atoms with E-state index in [1.165, 1.54) is 48.4 Å². The summed E-state index contributed by atoms with van der Waals surface area (Å²) in [5.41, 5.74) is 3.36. The third kappa shape index (κ3) is 4.92. The number of aromatic nitrogens is 1. The zero-order valence-electron chi connectivity index (χ0n) is 16.0. The van der Waals surface area contributed by atoms with E-state index < -0.39 is 0 Å². The summed E-state index contributed by atoms with van der Waals surface area (Å²) in [7, 11) is 0. The Morgan fingerprint density at radius 1 is 1.23 bits per heavy atom. The van der Waals surface area contributed by atoms with Crippen LogP contribution in [0.4, 0.5) is 0 Å². The summed E-state index contributed by atoms with van der Waals surface area (Å²) in [5, 5.41) is 4.15. The molecule has 1 N–H and O–H groups in total. The molecular formula is C21H29N3OS. The van der Waals surface area contributed by atoms with Crippen LogP contribution < -0.4 is 5.32 Å². The maximum Gasteiger partial charge on any atom is 0.263 e. The molecule has 1 aliphatic rings. The molecule has 0 spiro atoms. The van der Waals surface area contributed by atoms with Crippen LogP contribution in [0.25, 0.3) is 0 Å². The van der Waals surface area contributed by atoms with E-state index in [-0.39, 0.29) is 5.91 Å². The molecule has 1 saturated heterocycles. The Bertz CT molecular complexity index is 747. The highest BCUT2D eigenvalue weighted by Crippen LogP contribution is 2.21. The van der Waals surface area contributed by atoms with Crippen LogP contribution >= 0.6 is 11.3 Å². The summed E-state index contributed by atoms with van der Waals surface area (Å²) in [6.07, 6.45) is 3.52. The second-order valence-electron chi connectivity index (χ2n) is 7.55. The fourth-order valence-electron chi connectivity index (χ4n) is 3.42. The lowest BCUT2D eigenvalue weighted by atomic mass is 10.1. The molecule has 1 aromatic heterocycles. The van der Waals surface area contributed by atoms with Gasteiger partial charge in [0.1, 0.15) is 4.88 Å². The van der Waals surface area contributed by atoms with Crippen molar-refractivity contribution >= 4 is 17.2 Å². The molecule has 2 aromatic rings. The monoisotopic (exact) mass is 371 g/mol. The van der Waals surface area contributed by atoms with Gasteiger partial charge in [-0.2, -0.15) is 0 Å². The molecule has 1 aliphatic heterocycles. The molecule has 0 radical (unpaired) electrons. The Hall–Kier alpha value is -1.72. The number of nitrogens with zero attached hydrogens (tertiary/aromatic N) is 2. The van der Waals surface area contributed by atoms with Crippen LogP contribution in [0, 0.1) is 12.8 Å². The first-order valence-electron chi connectivity index (χ1n) is 9.56. The lowest BCUT2D eigenvalue weighted by Crippen LogP contribution is -2.25. The minimum atomic E-state index is -0.00835. The normalized spacial score (nSPS) is 14.9. The Balaban J connectivity index is 1.63. The van der Waals surface area contributed by atoms with Gasteiger partial charge in [-0.3, -0.25) is 9.69 Å². The predicted octanol–water partition coefficient (Wildman–Crippen LogP) is 4.18. The maximum absolute atomic E-state index is 12.6. The average Bonchev–Trinajstić information content (AvgIpc) is 3.23. The number of carbonyl (C=O) groups is 1. The molecule has 26 heavy (non-hydrogen) atoms. The molecule has 1 amide bonds. The summed E-state index contributed by atoms with van der Waals surface area (Å²) in [6.45, 7) is 10.2. The summed E-state index contributed by atoms with van der Waals surface area (Å²) in [4.78, 5) is 20.4. The lowest BCUT2D eigenvalue weighted by molar-refractivity contribution is 0.0954. The Morgan fingerprint density at radius 2 is 1.92 bits per heavy atom. The second-order valence-corrected chi connectivity index (χ2v) is 8.64. The van der Waals surface area contributed by atoms with Crippen molar-refractivity contribution in [1.29, 1.82) is 0 Å². The van der Waals surface area contributed by atoms with E-state index in [4.69, 9.17) is 0 Å². The first-order valence-corrected chi connectivity index (χ1v) is 10.4. The number of benzene rings is 1. The number of thiazole rings is 1. The molecule has 140 valence electrons. The largest absolute Gasteiger partial charge is 0.347 e. The van der Waals surface area contributed by atoms with Crippen molar-refractivity contribution in [1.82, 2.24) is 15.2 Å². The van der Waals surface area contributed by atoms with E-state index in [1.54, 1.807) is 0 Å². The van der Waals surface area contributed by atoms with Crippen molar-refractivity contribution in [2.24, 2.45) is 5.92 Å². The predicted molar refractivity (Wildman–Crippen MR) is 108 cm³/mol. The molecule has 4 nitrogen and oxygen atoms in total. The zero-order valence-corrected chi connectivity index (χ0v) is 16.9. The minimum absolute atomic E-state index is 0.00835. The van der Waals surface area contributed by atoms with Crippen LogP contribution in [0.5, 0.6) is 0 Å². The van der Waals surface area contributed by atoms with Crippen LogP contribution in [0.1, 0.15) is 58.2 Å². The standard InChI is InChI=1S/C21H29N3OS/c1-15(2)12-19-23-16(3)20(26-19)21(25)22-13-17-8-4-5-9-18(17)14-24-10-6-7-11-24/h4-5,8-9,15H,6-7,10-14H2,1-3H3,(H,22,25). The molecule has 0 aliphatic carbocycles. The Labute approximate surface area is 160 Å². The van der Waals surface area contributed by atoms with Crippen molar-refractivity contribution in [3.63, 3.8) is 0 Å². The van der Waals surface area contributed by atoms with E-state index >= 15 is 0 Å². The van der Waals surface area contributed by atoms with Gasteiger partial charge in [0.15, 0.2) is 0 Å². The smallest absolute Gasteiger partial charge is 0.263 e. The van der Waals surface area contributed by atoms with E-state index in [0.29, 0.717) is 12.5 Å². The number of aryl methyl sites for hydroxylation is 1. The number of amides is 1. The summed E-state index contributed by atoms with van der Waals surface area (Å²) in [6, 6.07) is 8.43. The van der Waals surface area contributed by atoms with E-state index in [2.05, 4.69) is 47.2 Å². The van der Waals surface area contributed by atoms with Crippen molar-refractivity contribution in [3.8, 4) is 0 Å². The van der Waals surface area contributed by atoms with Crippen LogP contribution in [0.3, 0.4) is 0 Å². The van der Waals surface area contributed by atoms with Crippen LogP contribution in [0.2, 0.25) is 0 Å². The average molecular weight is 372 g/mol. The highest BCUT2D eigenvalue weighted by molar-refractivity contribution is 7.13. The minimum Gasteiger partial charge on any atom is -0.347 e. The molecular weight excluding hydrogens is 342 g/mol. The highest BCUT2D eigenvalue weighted by Gasteiger charge is 2.17. The van der Waals surface area contributed by atoms with Crippen molar-refractivity contribution in [2.45, 2.75) is 53.1 Å². The first-order chi connectivity index (χ1) is 12.5. The van der Waals surface area contributed by atoms with Gasteiger partial charge in [-0.15, -0.1) is 11.3 Å². The molecule has 1 fully saturated rings. The van der Waals surface area contributed by atoms with Gasteiger partial charge in [0.2, 0.25) is 0 Å².